The summed E-state index contributed by atoms with van der Waals surface area (Å²) in [6.45, 7) is 9.34. The Morgan fingerprint density at radius 2 is 1.97 bits per heavy atom. The highest BCUT2D eigenvalue weighted by molar-refractivity contribution is 14.0. The van der Waals surface area contributed by atoms with Crippen LogP contribution in [0.4, 0.5) is 4.39 Å². The standard InChI is InChI=1S/C21H30FN5OS.HI/c1-3-18-13-24-20(29-18)15-26-21(23-4-2)25-14-19(27-9-11-28-12-10-27)16-5-7-17(22)8-6-16;/h5-8,13,19H,3-4,9-12,14-15H2,1-2H3,(H2,23,25,26);1H. The van der Waals surface area contributed by atoms with Crippen molar-refractivity contribution in [1.82, 2.24) is 20.5 Å². The minimum atomic E-state index is -0.216. The molecule has 1 aromatic heterocycles. The Bertz CT molecular complexity index is 780. The molecule has 1 aliphatic rings. The zero-order chi connectivity index (χ0) is 20.5. The maximum Gasteiger partial charge on any atom is 0.191 e. The van der Waals surface area contributed by atoms with Crippen LogP contribution in [0, 0.1) is 5.82 Å². The average Bonchev–Trinajstić information content (AvgIpc) is 3.22. The number of benzene rings is 1. The van der Waals surface area contributed by atoms with Gasteiger partial charge in [0.2, 0.25) is 0 Å². The molecule has 0 spiro atoms. The number of ether oxygens (including phenoxy) is 1. The van der Waals surface area contributed by atoms with Gasteiger partial charge in [-0.25, -0.2) is 14.4 Å². The van der Waals surface area contributed by atoms with Gasteiger partial charge in [0.1, 0.15) is 10.8 Å². The number of aromatic nitrogens is 1. The second kappa shape index (κ2) is 13.2. The quantitative estimate of drug-likeness (QED) is 0.301. The minimum absolute atomic E-state index is 0. The van der Waals surface area contributed by atoms with E-state index < -0.39 is 0 Å². The van der Waals surface area contributed by atoms with Crippen molar-refractivity contribution in [3.8, 4) is 0 Å². The molecule has 1 atom stereocenters. The first-order valence-electron chi connectivity index (χ1n) is 10.2. The van der Waals surface area contributed by atoms with Crippen LogP contribution < -0.4 is 10.6 Å². The van der Waals surface area contributed by atoms with Gasteiger partial charge < -0.3 is 15.4 Å². The highest BCUT2D eigenvalue weighted by atomic mass is 127. The predicted molar refractivity (Wildman–Crippen MR) is 131 cm³/mol. The Hall–Kier alpha value is -1.30. The van der Waals surface area contributed by atoms with E-state index in [1.165, 1.54) is 17.0 Å². The summed E-state index contributed by atoms with van der Waals surface area (Å²) in [7, 11) is 0. The molecule has 30 heavy (non-hydrogen) atoms. The third kappa shape index (κ3) is 7.44. The van der Waals surface area contributed by atoms with Crippen molar-refractivity contribution in [3.63, 3.8) is 0 Å². The van der Waals surface area contributed by atoms with Gasteiger partial charge in [0.15, 0.2) is 5.96 Å². The Morgan fingerprint density at radius 1 is 1.23 bits per heavy atom. The summed E-state index contributed by atoms with van der Waals surface area (Å²) in [5.74, 6) is 0.549. The molecular formula is C21H31FIN5OS. The number of nitrogens with one attached hydrogen (secondary N) is 2. The number of halogens is 2. The lowest BCUT2D eigenvalue weighted by molar-refractivity contribution is 0.0170. The molecule has 1 aromatic carbocycles. The minimum Gasteiger partial charge on any atom is -0.379 e. The van der Waals surface area contributed by atoms with Crippen LogP contribution in [0.1, 0.15) is 35.3 Å². The molecule has 0 aliphatic carbocycles. The van der Waals surface area contributed by atoms with Gasteiger partial charge in [-0.3, -0.25) is 4.90 Å². The fourth-order valence-corrected chi connectivity index (χ4v) is 4.09. The van der Waals surface area contributed by atoms with Crippen LogP contribution in [0.3, 0.4) is 0 Å². The number of thiazole rings is 1. The highest BCUT2D eigenvalue weighted by Gasteiger charge is 2.23. The van der Waals surface area contributed by atoms with Crippen molar-refractivity contribution in [3.05, 3.63) is 51.7 Å². The summed E-state index contributed by atoms with van der Waals surface area (Å²) in [5, 5.41) is 7.78. The third-order valence-corrected chi connectivity index (χ3v) is 6.00. The molecule has 1 aliphatic heterocycles. The number of hydrogen-bond acceptors (Lipinski definition) is 5. The first kappa shape index (κ1) is 25.0. The van der Waals surface area contributed by atoms with Crippen LogP contribution in [-0.4, -0.2) is 55.2 Å². The zero-order valence-electron chi connectivity index (χ0n) is 17.6. The van der Waals surface area contributed by atoms with Crippen LogP contribution in [0.2, 0.25) is 0 Å². The average molecular weight is 547 g/mol. The van der Waals surface area contributed by atoms with Gasteiger partial charge in [-0.2, -0.15) is 0 Å². The fraction of sp³-hybridized carbons (Fsp3) is 0.524. The molecule has 0 bridgehead atoms. The van der Waals surface area contributed by atoms with Crippen molar-refractivity contribution in [2.45, 2.75) is 32.9 Å². The molecule has 166 valence electrons. The number of hydrogen-bond donors (Lipinski definition) is 2. The van der Waals surface area contributed by atoms with Crippen LogP contribution in [-0.2, 0) is 17.7 Å². The number of nitrogens with zero attached hydrogens (tertiary/aromatic N) is 3. The Labute approximate surface area is 199 Å². The van der Waals surface area contributed by atoms with Gasteiger partial charge in [0, 0.05) is 37.3 Å². The molecule has 0 radical (unpaired) electrons. The molecule has 1 unspecified atom stereocenters. The monoisotopic (exact) mass is 547 g/mol. The number of aryl methyl sites for hydroxylation is 1. The first-order chi connectivity index (χ1) is 14.2. The van der Waals surface area contributed by atoms with E-state index >= 15 is 0 Å². The van der Waals surface area contributed by atoms with E-state index in [2.05, 4.69) is 34.4 Å². The molecule has 1 saturated heterocycles. The second-order valence-electron chi connectivity index (χ2n) is 6.87. The summed E-state index contributed by atoms with van der Waals surface area (Å²) in [6, 6.07) is 6.90. The maximum absolute atomic E-state index is 13.4. The van der Waals surface area contributed by atoms with Crippen LogP contribution in [0.5, 0.6) is 0 Å². The van der Waals surface area contributed by atoms with Gasteiger partial charge in [-0.05, 0) is 31.0 Å². The van der Waals surface area contributed by atoms with Gasteiger partial charge in [-0.15, -0.1) is 35.3 Å². The lowest BCUT2D eigenvalue weighted by Crippen LogP contribution is -2.46. The summed E-state index contributed by atoms with van der Waals surface area (Å²) in [5.41, 5.74) is 1.09. The van der Waals surface area contributed by atoms with E-state index in [-0.39, 0.29) is 35.8 Å². The van der Waals surface area contributed by atoms with Crippen LogP contribution in [0.25, 0.3) is 0 Å². The van der Waals surface area contributed by atoms with Gasteiger partial charge in [-0.1, -0.05) is 19.1 Å². The van der Waals surface area contributed by atoms with Crippen molar-refractivity contribution in [2.24, 2.45) is 4.99 Å². The predicted octanol–water partition coefficient (Wildman–Crippen LogP) is 3.59. The molecule has 3 rings (SSSR count). The van der Waals surface area contributed by atoms with Crippen LogP contribution in [0.15, 0.2) is 35.5 Å². The highest BCUT2D eigenvalue weighted by Crippen LogP contribution is 2.21. The number of rotatable bonds is 8. The molecule has 2 N–H and O–H groups in total. The Morgan fingerprint density at radius 3 is 2.60 bits per heavy atom. The van der Waals surface area contributed by atoms with E-state index in [1.54, 1.807) is 11.3 Å². The smallest absolute Gasteiger partial charge is 0.191 e. The molecule has 1 fully saturated rings. The fourth-order valence-electron chi connectivity index (χ4n) is 3.30. The molecule has 2 heterocycles. The van der Waals surface area contributed by atoms with Gasteiger partial charge >= 0.3 is 0 Å². The lowest BCUT2D eigenvalue weighted by atomic mass is 10.0. The summed E-state index contributed by atoms with van der Waals surface area (Å²) in [4.78, 5) is 12.8. The van der Waals surface area contributed by atoms with Crippen molar-refractivity contribution < 1.29 is 9.13 Å². The normalized spacial score (nSPS) is 16.0. The number of guanidine groups is 1. The summed E-state index contributed by atoms with van der Waals surface area (Å²) < 4.78 is 18.9. The van der Waals surface area contributed by atoms with E-state index in [0.29, 0.717) is 13.1 Å². The van der Waals surface area contributed by atoms with Crippen LogP contribution >= 0.6 is 35.3 Å². The Kier molecular flexibility index (Phi) is 11.0. The summed E-state index contributed by atoms with van der Waals surface area (Å²) in [6.07, 6.45) is 2.93. The lowest BCUT2D eigenvalue weighted by Gasteiger charge is -2.35. The van der Waals surface area contributed by atoms with Gasteiger partial charge in [0.25, 0.3) is 0 Å². The number of morpholine rings is 1. The van der Waals surface area contributed by atoms with Crippen molar-refractivity contribution in [2.75, 3.05) is 39.4 Å². The topological polar surface area (TPSA) is 61.8 Å². The third-order valence-electron chi connectivity index (χ3n) is 4.87. The molecule has 0 saturated carbocycles. The largest absolute Gasteiger partial charge is 0.379 e. The maximum atomic E-state index is 13.4. The number of aliphatic imine (C=N–C) groups is 1. The Balaban J connectivity index is 0.00000320. The van der Waals surface area contributed by atoms with E-state index in [1.807, 2.05) is 18.3 Å². The van der Waals surface area contributed by atoms with E-state index in [0.717, 1.165) is 55.8 Å². The zero-order valence-corrected chi connectivity index (χ0v) is 20.7. The second-order valence-corrected chi connectivity index (χ2v) is 8.07. The van der Waals surface area contributed by atoms with Crippen molar-refractivity contribution in [1.29, 1.82) is 0 Å². The molecule has 9 heteroatoms. The van der Waals surface area contributed by atoms with Crippen molar-refractivity contribution >= 4 is 41.3 Å². The van der Waals surface area contributed by atoms with E-state index in [9.17, 15) is 4.39 Å². The SMILES string of the molecule is CCNC(=NCc1ncc(CC)s1)NCC(c1ccc(F)cc1)N1CCOCC1.I. The molecule has 2 aromatic rings. The molecule has 6 nitrogen and oxygen atoms in total. The molecular weight excluding hydrogens is 516 g/mol. The molecule has 0 amide bonds. The summed E-state index contributed by atoms with van der Waals surface area (Å²) >= 11 is 1.71. The van der Waals surface area contributed by atoms with E-state index in [4.69, 9.17) is 9.73 Å². The van der Waals surface area contributed by atoms with Gasteiger partial charge in [0.05, 0.1) is 25.8 Å². The first-order valence-corrected chi connectivity index (χ1v) is 11.0.